The normalized spacial score (nSPS) is 13.2. The van der Waals surface area contributed by atoms with E-state index in [9.17, 15) is 32.7 Å². The second-order valence-electron chi connectivity index (χ2n) is 7.91. The Morgan fingerprint density at radius 2 is 1.78 bits per heavy atom. The van der Waals surface area contributed by atoms with E-state index < -0.39 is 41.8 Å². The first-order valence-electron chi connectivity index (χ1n) is 10.6. The van der Waals surface area contributed by atoms with E-state index >= 15 is 0 Å². The number of aliphatic carboxylic acids is 1. The van der Waals surface area contributed by atoms with Crippen LogP contribution in [0.5, 0.6) is 11.5 Å². The van der Waals surface area contributed by atoms with Crippen molar-refractivity contribution in [3.63, 3.8) is 0 Å². The van der Waals surface area contributed by atoms with Crippen LogP contribution in [0, 0.1) is 0 Å². The molecule has 9 nitrogen and oxygen atoms in total. The number of amides is 2. The summed E-state index contributed by atoms with van der Waals surface area (Å²) in [6, 6.07) is 10.3. The quantitative estimate of drug-likeness (QED) is 0.449. The molecule has 0 fully saturated rings. The second-order valence-corrected chi connectivity index (χ2v) is 7.91. The lowest BCUT2D eigenvalue weighted by molar-refractivity contribution is -0.138. The van der Waals surface area contributed by atoms with E-state index in [2.05, 4.69) is 10.6 Å². The molecule has 1 unspecified atom stereocenters. The van der Waals surface area contributed by atoms with Gasteiger partial charge in [-0.2, -0.15) is 13.2 Å². The smallest absolute Gasteiger partial charge is 0.416 e. The standard InChI is InChI=1S/C24H20F3N3O6/c25-24(26,27)16-6-3-14(4-7-16)12-30-9-1-2-17(22(30)33)28-23(34)29-18(11-21(31)32)15-5-8-19-20(10-15)36-13-35-19/h1-10,18H,11-13H2,(H,31,32)(H2,28,29,34). The molecule has 1 aliphatic rings. The topological polar surface area (TPSA) is 119 Å². The fourth-order valence-corrected chi connectivity index (χ4v) is 3.63. The summed E-state index contributed by atoms with van der Waals surface area (Å²) in [6.45, 7) is 0.00992. The minimum Gasteiger partial charge on any atom is -0.481 e. The SMILES string of the molecule is O=C(O)CC(NC(=O)Nc1cccn(Cc2ccc(C(F)(F)F)cc2)c1=O)c1ccc2c(c1)OCO2. The van der Waals surface area contributed by atoms with Gasteiger partial charge in [-0.05, 0) is 47.5 Å². The molecule has 0 bridgehead atoms. The van der Waals surface area contributed by atoms with Gasteiger partial charge in [0.25, 0.3) is 5.56 Å². The highest BCUT2D eigenvalue weighted by atomic mass is 19.4. The number of carbonyl (C=O) groups excluding carboxylic acids is 1. The maximum Gasteiger partial charge on any atom is 0.416 e. The van der Waals surface area contributed by atoms with Crippen molar-refractivity contribution in [2.45, 2.75) is 25.2 Å². The summed E-state index contributed by atoms with van der Waals surface area (Å²) < 4.78 is 50.1. The number of urea groups is 1. The number of rotatable bonds is 7. The van der Waals surface area contributed by atoms with Gasteiger partial charge in [0.2, 0.25) is 6.79 Å². The number of carbonyl (C=O) groups is 2. The predicted octanol–water partition coefficient (Wildman–Crippen LogP) is 3.98. The van der Waals surface area contributed by atoms with E-state index in [1.54, 1.807) is 18.2 Å². The van der Waals surface area contributed by atoms with Crippen molar-refractivity contribution in [3.05, 3.63) is 87.8 Å². The van der Waals surface area contributed by atoms with Crippen molar-refractivity contribution >= 4 is 17.7 Å². The van der Waals surface area contributed by atoms with Gasteiger partial charge >= 0.3 is 18.2 Å². The Morgan fingerprint density at radius 3 is 2.47 bits per heavy atom. The molecule has 3 aromatic rings. The number of carboxylic acid groups (broad SMARTS) is 1. The third-order valence-corrected chi connectivity index (χ3v) is 5.39. The third-order valence-electron chi connectivity index (χ3n) is 5.39. The van der Waals surface area contributed by atoms with E-state index in [0.717, 1.165) is 12.1 Å². The minimum atomic E-state index is -4.47. The number of aromatic nitrogens is 1. The highest BCUT2D eigenvalue weighted by molar-refractivity contribution is 5.89. The largest absolute Gasteiger partial charge is 0.481 e. The van der Waals surface area contributed by atoms with Crippen LogP contribution in [0.2, 0.25) is 0 Å². The van der Waals surface area contributed by atoms with Gasteiger partial charge in [0.15, 0.2) is 11.5 Å². The number of halogens is 3. The van der Waals surface area contributed by atoms with E-state index in [0.29, 0.717) is 22.6 Å². The molecule has 0 radical (unpaired) electrons. The van der Waals surface area contributed by atoms with Crippen LogP contribution in [0.1, 0.15) is 29.2 Å². The van der Waals surface area contributed by atoms with Crippen LogP contribution < -0.4 is 25.7 Å². The summed E-state index contributed by atoms with van der Waals surface area (Å²) in [5, 5.41) is 14.2. The number of nitrogens with zero attached hydrogens (tertiary/aromatic N) is 1. The van der Waals surface area contributed by atoms with Crippen LogP contribution >= 0.6 is 0 Å². The molecule has 0 aliphatic carbocycles. The minimum absolute atomic E-state index is 0.0209. The highest BCUT2D eigenvalue weighted by Crippen LogP contribution is 2.35. The summed E-state index contributed by atoms with van der Waals surface area (Å²) in [7, 11) is 0. The first-order chi connectivity index (χ1) is 17.1. The zero-order chi connectivity index (χ0) is 25.9. The zero-order valence-corrected chi connectivity index (χ0v) is 18.5. The summed E-state index contributed by atoms with van der Waals surface area (Å²) >= 11 is 0. The Balaban J connectivity index is 1.47. The molecule has 0 spiro atoms. The van der Waals surface area contributed by atoms with Crippen molar-refractivity contribution in [2.24, 2.45) is 0 Å². The number of anilines is 1. The summed E-state index contributed by atoms with van der Waals surface area (Å²) in [5.41, 5.74) is -0.572. The maximum atomic E-state index is 12.8. The number of fused-ring (bicyclic) bond motifs is 1. The number of alkyl halides is 3. The number of carboxylic acids is 1. The number of hydrogen-bond donors (Lipinski definition) is 3. The van der Waals surface area contributed by atoms with Gasteiger partial charge < -0.3 is 29.8 Å². The molecule has 0 saturated heterocycles. The van der Waals surface area contributed by atoms with Gasteiger partial charge in [-0.15, -0.1) is 0 Å². The fraction of sp³-hybridized carbons (Fsp3) is 0.208. The molecular weight excluding hydrogens is 483 g/mol. The van der Waals surface area contributed by atoms with Crippen molar-refractivity contribution in [3.8, 4) is 11.5 Å². The summed E-state index contributed by atoms with van der Waals surface area (Å²) in [5.74, 6) is -0.244. The monoisotopic (exact) mass is 503 g/mol. The van der Waals surface area contributed by atoms with Crippen LogP contribution in [0.25, 0.3) is 0 Å². The maximum absolute atomic E-state index is 12.8. The average Bonchev–Trinajstić information content (AvgIpc) is 3.29. The Labute approximate surface area is 202 Å². The Bertz CT molecular complexity index is 1340. The first-order valence-corrected chi connectivity index (χ1v) is 10.6. The van der Waals surface area contributed by atoms with E-state index in [1.807, 2.05) is 0 Å². The van der Waals surface area contributed by atoms with Gasteiger partial charge in [-0.3, -0.25) is 9.59 Å². The average molecular weight is 503 g/mol. The van der Waals surface area contributed by atoms with E-state index in [-0.39, 0.29) is 19.0 Å². The molecular formula is C24H20F3N3O6. The van der Waals surface area contributed by atoms with E-state index in [1.165, 1.54) is 35.0 Å². The molecule has 4 rings (SSSR count). The molecule has 2 aromatic carbocycles. The van der Waals surface area contributed by atoms with Gasteiger partial charge in [0.05, 0.1) is 24.6 Å². The fourth-order valence-electron chi connectivity index (χ4n) is 3.63. The molecule has 0 saturated carbocycles. The summed E-state index contributed by atoms with van der Waals surface area (Å²) in [6.07, 6.45) is -3.46. The number of nitrogens with one attached hydrogen (secondary N) is 2. The molecule has 1 aromatic heterocycles. The van der Waals surface area contributed by atoms with Crippen molar-refractivity contribution < 1.29 is 37.3 Å². The molecule has 3 N–H and O–H groups in total. The molecule has 2 heterocycles. The van der Waals surface area contributed by atoms with Gasteiger partial charge in [0.1, 0.15) is 5.69 Å². The van der Waals surface area contributed by atoms with Crippen LogP contribution in [0.3, 0.4) is 0 Å². The predicted molar refractivity (Wildman–Crippen MR) is 121 cm³/mol. The van der Waals surface area contributed by atoms with Gasteiger partial charge in [0, 0.05) is 6.20 Å². The lowest BCUT2D eigenvalue weighted by atomic mass is 10.0. The van der Waals surface area contributed by atoms with Crippen molar-refractivity contribution in [2.75, 3.05) is 12.1 Å². The third kappa shape index (κ3) is 5.77. The first kappa shape index (κ1) is 24.6. The number of benzene rings is 2. The van der Waals surface area contributed by atoms with Crippen LogP contribution in [0.15, 0.2) is 65.6 Å². The van der Waals surface area contributed by atoms with Crippen molar-refractivity contribution in [1.82, 2.24) is 9.88 Å². The Kier molecular flexibility index (Phi) is 6.86. The Morgan fingerprint density at radius 1 is 1.06 bits per heavy atom. The number of ether oxygens (including phenoxy) is 2. The molecule has 2 amide bonds. The molecule has 12 heteroatoms. The number of hydrogen-bond acceptors (Lipinski definition) is 5. The van der Waals surface area contributed by atoms with Gasteiger partial charge in [-0.1, -0.05) is 18.2 Å². The van der Waals surface area contributed by atoms with Crippen molar-refractivity contribution in [1.29, 1.82) is 0 Å². The number of pyridine rings is 1. The molecule has 1 atom stereocenters. The summed E-state index contributed by atoms with van der Waals surface area (Å²) in [4.78, 5) is 36.8. The zero-order valence-electron chi connectivity index (χ0n) is 18.5. The van der Waals surface area contributed by atoms with Crippen LogP contribution in [0.4, 0.5) is 23.7 Å². The molecule has 1 aliphatic heterocycles. The molecule has 36 heavy (non-hydrogen) atoms. The lowest BCUT2D eigenvalue weighted by Crippen LogP contribution is -2.36. The Hall–Kier alpha value is -4.48. The second kappa shape index (κ2) is 10.0. The van der Waals surface area contributed by atoms with Crippen LogP contribution in [-0.4, -0.2) is 28.5 Å². The lowest BCUT2D eigenvalue weighted by Gasteiger charge is -2.18. The highest BCUT2D eigenvalue weighted by Gasteiger charge is 2.30. The van der Waals surface area contributed by atoms with Gasteiger partial charge in [-0.25, -0.2) is 4.79 Å². The van der Waals surface area contributed by atoms with Crippen LogP contribution in [-0.2, 0) is 17.5 Å². The van der Waals surface area contributed by atoms with E-state index in [4.69, 9.17) is 9.47 Å². The molecule has 188 valence electrons.